The fourth-order valence-corrected chi connectivity index (χ4v) is 3.81. The van der Waals surface area contributed by atoms with E-state index in [2.05, 4.69) is 10.3 Å². The van der Waals surface area contributed by atoms with Gasteiger partial charge in [0.1, 0.15) is 5.82 Å². The van der Waals surface area contributed by atoms with Gasteiger partial charge in [0.2, 0.25) is 0 Å². The maximum atomic E-state index is 13.1. The molecule has 1 aliphatic rings. The number of aromatic amines is 1. The van der Waals surface area contributed by atoms with Gasteiger partial charge >= 0.3 is 0 Å². The molecule has 2 heterocycles. The fourth-order valence-electron chi connectivity index (χ4n) is 2.57. The third-order valence-corrected chi connectivity index (χ3v) is 5.01. The van der Waals surface area contributed by atoms with Crippen LogP contribution in [-0.2, 0) is 11.2 Å². The Hall–Kier alpha value is -1.53. The van der Waals surface area contributed by atoms with E-state index in [9.17, 15) is 14.3 Å². The molecule has 0 saturated carbocycles. The van der Waals surface area contributed by atoms with E-state index >= 15 is 0 Å². The van der Waals surface area contributed by atoms with E-state index in [1.807, 2.05) is 6.20 Å². The zero-order valence-corrected chi connectivity index (χ0v) is 12.3. The van der Waals surface area contributed by atoms with Gasteiger partial charge < -0.3 is 15.4 Å². The van der Waals surface area contributed by atoms with Gasteiger partial charge in [-0.15, -0.1) is 0 Å². The number of amides is 1. The van der Waals surface area contributed by atoms with Crippen molar-refractivity contribution in [2.75, 3.05) is 18.1 Å². The largest absolute Gasteiger partial charge is 0.379 e. The van der Waals surface area contributed by atoms with Crippen molar-refractivity contribution in [1.29, 1.82) is 0 Å². The molecule has 4 nitrogen and oxygen atoms in total. The Kier molecular flexibility index (Phi) is 3.91. The lowest BCUT2D eigenvalue weighted by atomic mass is 10.0. The van der Waals surface area contributed by atoms with Crippen LogP contribution in [0.15, 0.2) is 24.4 Å². The minimum Gasteiger partial charge on any atom is -0.379 e. The summed E-state index contributed by atoms with van der Waals surface area (Å²) < 4.78 is 13.1. The van der Waals surface area contributed by atoms with Crippen LogP contribution in [0.1, 0.15) is 12.0 Å². The summed E-state index contributed by atoms with van der Waals surface area (Å²) in [6.07, 6.45) is 2.98. The first kappa shape index (κ1) is 14.4. The Bertz CT molecular complexity index is 665. The number of aliphatic hydroxyl groups is 1. The monoisotopic (exact) mass is 308 g/mol. The van der Waals surface area contributed by atoms with Crippen LogP contribution in [0.3, 0.4) is 0 Å². The van der Waals surface area contributed by atoms with Crippen LogP contribution < -0.4 is 5.32 Å². The molecule has 1 amide bonds. The summed E-state index contributed by atoms with van der Waals surface area (Å²) in [4.78, 5) is 15.0. The maximum absolute atomic E-state index is 13.1. The Balaban J connectivity index is 1.61. The van der Waals surface area contributed by atoms with Crippen LogP contribution in [0.4, 0.5) is 4.39 Å². The second-order valence-corrected chi connectivity index (χ2v) is 6.45. The number of rotatable bonds is 4. The highest BCUT2D eigenvalue weighted by atomic mass is 32.2. The van der Waals surface area contributed by atoms with Crippen LogP contribution in [0.25, 0.3) is 10.9 Å². The molecule has 3 rings (SSSR count). The topological polar surface area (TPSA) is 65.1 Å². The first-order chi connectivity index (χ1) is 10.1. The Morgan fingerprint density at radius 1 is 1.52 bits per heavy atom. The molecule has 1 aliphatic heterocycles. The number of fused-ring (bicyclic) bond motifs is 1. The zero-order chi connectivity index (χ0) is 14.9. The summed E-state index contributed by atoms with van der Waals surface area (Å²) in [6.45, 7) is 0.455. The molecule has 1 unspecified atom stereocenters. The van der Waals surface area contributed by atoms with Gasteiger partial charge in [-0.05, 0) is 42.4 Å². The molecule has 21 heavy (non-hydrogen) atoms. The maximum Gasteiger partial charge on any atom is 0.252 e. The summed E-state index contributed by atoms with van der Waals surface area (Å²) in [5.74, 6) is 0.715. The van der Waals surface area contributed by atoms with Gasteiger partial charge in [-0.1, -0.05) is 0 Å². The molecule has 0 radical (unpaired) electrons. The van der Waals surface area contributed by atoms with E-state index in [0.29, 0.717) is 25.1 Å². The van der Waals surface area contributed by atoms with Crippen molar-refractivity contribution in [2.45, 2.75) is 18.4 Å². The van der Waals surface area contributed by atoms with Crippen molar-refractivity contribution in [1.82, 2.24) is 10.3 Å². The Morgan fingerprint density at radius 3 is 3.14 bits per heavy atom. The minimum atomic E-state index is -1.21. The number of benzene rings is 1. The van der Waals surface area contributed by atoms with Gasteiger partial charge in [-0.2, -0.15) is 11.8 Å². The van der Waals surface area contributed by atoms with Crippen molar-refractivity contribution in [3.63, 3.8) is 0 Å². The number of H-pyrrole nitrogens is 1. The number of hydrogen-bond acceptors (Lipinski definition) is 3. The molecule has 0 spiro atoms. The predicted octanol–water partition coefficient (Wildman–Crippen LogP) is 1.83. The number of thioether (sulfide) groups is 1. The van der Waals surface area contributed by atoms with Gasteiger partial charge in [-0.25, -0.2) is 4.39 Å². The summed E-state index contributed by atoms with van der Waals surface area (Å²) >= 11 is 1.59. The van der Waals surface area contributed by atoms with E-state index in [1.54, 1.807) is 17.8 Å². The van der Waals surface area contributed by atoms with Gasteiger partial charge in [0.25, 0.3) is 5.91 Å². The SMILES string of the molecule is O=C(NCCc1c[nH]c2cc(F)ccc12)C1(O)CCSC1. The molecule has 3 N–H and O–H groups in total. The molecule has 0 bridgehead atoms. The first-order valence-corrected chi connectivity index (χ1v) is 8.08. The molecule has 1 atom stereocenters. The molecule has 0 aliphatic carbocycles. The highest BCUT2D eigenvalue weighted by molar-refractivity contribution is 7.99. The van der Waals surface area contributed by atoms with Crippen molar-refractivity contribution in [3.05, 3.63) is 35.8 Å². The van der Waals surface area contributed by atoms with Crippen LogP contribution in [0.5, 0.6) is 0 Å². The lowest BCUT2D eigenvalue weighted by Gasteiger charge is -2.20. The molecular weight excluding hydrogens is 291 g/mol. The highest BCUT2D eigenvalue weighted by Gasteiger charge is 2.39. The van der Waals surface area contributed by atoms with E-state index < -0.39 is 5.60 Å². The lowest BCUT2D eigenvalue weighted by molar-refractivity contribution is -0.137. The van der Waals surface area contributed by atoms with E-state index in [-0.39, 0.29) is 11.7 Å². The predicted molar refractivity (Wildman–Crippen MR) is 81.9 cm³/mol. The molecule has 6 heteroatoms. The number of carbonyl (C=O) groups is 1. The third kappa shape index (κ3) is 2.91. The first-order valence-electron chi connectivity index (χ1n) is 6.92. The van der Waals surface area contributed by atoms with E-state index in [1.165, 1.54) is 12.1 Å². The molecule has 2 aromatic rings. The third-order valence-electron chi connectivity index (χ3n) is 3.83. The molecule has 1 aromatic carbocycles. The lowest BCUT2D eigenvalue weighted by Crippen LogP contribution is -2.47. The number of carbonyl (C=O) groups excluding carboxylic acids is 1. The number of aromatic nitrogens is 1. The Labute approximate surface area is 126 Å². The quantitative estimate of drug-likeness (QED) is 0.807. The van der Waals surface area contributed by atoms with Crippen molar-refractivity contribution in [3.8, 4) is 0 Å². The average Bonchev–Trinajstić information content (AvgIpc) is 3.06. The smallest absolute Gasteiger partial charge is 0.252 e. The average molecular weight is 308 g/mol. The number of hydrogen-bond donors (Lipinski definition) is 3. The van der Waals surface area contributed by atoms with Crippen LogP contribution in [0.2, 0.25) is 0 Å². The fraction of sp³-hybridized carbons (Fsp3) is 0.400. The van der Waals surface area contributed by atoms with Gasteiger partial charge in [0.05, 0.1) is 0 Å². The van der Waals surface area contributed by atoms with Gasteiger partial charge in [0, 0.05) is 29.4 Å². The summed E-state index contributed by atoms with van der Waals surface area (Å²) in [6, 6.07) is 4.62. The molecule has 112 valence electrons. The van der Waals surface area contributed by atoms with Crippen molar-refractivity contribution in [2.24, 2.45) is 0 Å². The van der Waals surface area contributed by atoms with Gasteiger partial charge in [-0.3, -0.25) is 4.79 Å². The van der Waals surface area contributed by atoms with Crippen LogP contribution in [-0.4, -0.2) is 39.6 Å². The van der Waals surface area contributed by atoms with Crippen molar-refractivity contribution >= 4 is 28.6 Å². The van der Waals surface area contributed by atoms with Gasteiger partial charge in [0.15, 0.2) is 5.60 Å². The molecule has 1 fully saturated rings. The highest BCUT2D eigenvalue weighted by Crippen LogP contribution is 2.27. The Morgan fingerprint density at radius 2 is 2.38 bits per heavy atom. The second-order valence-electron chi connectivity index (χ2n) is 5.34. The standard InChI is InChI=1S/C15H17FN2O2S/c16-11-1-2-12-10(8-18-13(12)7-11)3-5-17-14(19)15(20)4-6-21-9-15/h1-2,7-8,18,20H,3-6,9H2,(H,17,19). The van der Waals surface area contributed by atoms with Crippen molar-refractivity contribution < 1.29 is 14.3 Å². The molecule has 1 aromatic heterocycles. The van der Waals surface area contributed by atoms with E-state index in [0.717, 1.165) is 22.2 Å². The zero-order valence-electron chi connectivity index (χ0n) is 11.5. The minimum absolute atomic E-state index is 0.273. The van der Waals surface area contributed by atoms with Crippen LogP contribution in [0, 0.1) is 5.82 Å². The number of halogens is 1. The summed E-state index contributed by atoms with van der Waals surface area (Å²) in [7, 11) is 0. The normalized spacial score (nSPS) is 21.8. The van der Waals surface area contributed by atoms with Crippen LogP contribution >= 0.6 is 11.8 Å². The summed E-state index contributed by atoms with van der Waals surface area (Å²) in [5.41, 5.74) is 0.564. The van der Waals surface area contributed by atoms with E-state index in [4.69, 9.17) is 0 Å². The second kappa shape index (κ2) is 5.69. The molecular formula is C15H17FN2O2S. The number of nitrogens with one attached hydrogen (secondary N) is 2. The summed E-state index contributed by atoms with van der Waals surface area (Å²) in [5, 5.41) is 13.9. The molecule has 1 saturated heterocycles.